The Morgan fingerprint density at radius 2 is 2.24 bits per heavy atom. The van der Waals surface area contributed by atoms with Gasteiger partial charge in [-0.3, -0.25) is 20.3 Å². The van der Waals surface area contributed by atoms with Gasteiger partial charge in [0.25, 0.3) is 5.69 Å². The van der Waals surface area contributed by atoms with Crippen LogP contribution < -0.4 is 16.0 Å². The topological polar surface area (TPSA) is 121 Å². The maximum atomic E-state index is 11.4. The van der Waals surface area contributed by atoms with E-state index >= 15 is 0 Å². The summed E-state index contributed by atoms with van der Waals surface area (Å²) in [5.41, 5.74) is 2.31. The highest BCUT2D eigenvalue weighted by molar-refractivity contribution is 9.10. The molecule has 1 aromatic heterocycles. The van der Waals surface area contributed by atoms with Crippen LogP contribution in [-0.2, 0) is 6.61 Å². The molecule has 0 aliphatic heterocycles. The van der Waals surface area contributed by atoms with Crippen molar-refractivity contribution < 1.29 is 18.9 Å². The number of amides is 1. The largest absolute Gasteiger partial charge is 0.487 e. The van der Waals surface area contributed by atoms with Crippen LogP contribution in [0, 0.1) is 10.1 Å². The van der Waals surface area contributed by atoms with Gasteiger partial charge in [0, 0.05) is 11.6 Å². The van der Waals surface area contributed by atoms with Gasteiger partial charge in [-0.2, -0.15) is 0 Å². The summed E-state index contributed by atoms with van der Waals surface area (Å²) >= 11 is 3.12. The minimum absolute atomic E-state index is 0.000971. The van der Waals surface area contributed by atoms with Crippen LogP contribution in [0.1, 0.15) is 16.1 Å². The van der Waals surface area contributed by atoms with Crippen LogP contribution in [-0.4, -0.2) is 10.8 Å². The van der Waals surface area contributed by atoms with Crippen LogP contribution in [0.3, 0.4) is 0 Å². The third kappa shape index (κ3) is 3.20. The summed E-state index contributed by atoms with van der Waals surface area (Å²) < 4.78 is 10.7. The number of hydrazine groups is 1. The minimum atomic E-state index is -0.586. The Balaban J connectivity index is 2.18. The van der Waals surface area contributed by atoms with Crippen molar-refractivity contribution in [3.63, 3.8) is 0 Å². The lowest BCUT2D eigenvalue weighted by Crippen LogP contribution is -2.30. The molecule has 0 spiro atoms. The fourth-order valence-electron chi connectivity index (χ4n) is 1.62. The van der Waals surface area contributed by atoms with Gasteiger partial charge in [0.1, 0.15) is 16.8 Å². The van der Waals surface area contributed by atoms with Crippen LogP contribution >= 0.6 is 15.9 Å². The number of nitrogens with zero attached hydrogens (tertiary/aromatic N) is 1. The van der Waals surface area contributed by atoms with E-state index in [4.69, 9.17) is 15.0 Å². The van der Waals surface area contributed by atoms with Gasteiger partial charge in [0.05, 0.1) is 11.2 Å². The summed E-state index contributed by atoms with van der Waals surface area (Å²) in [5.74, 6) is 4.76. The zero-order valence-electron chi connectivity index (χ0n) is 10.5. The van der Waals surface area contributed by atoms with Gasteiger partial charge < -0.3 is 9.15 Å². The van der Waals surface area contributed by atoms with Crippen LogP contribution in [0.4, 0.5) is 5.69 Å². The predicted molar refractivity (Wildman–Crippen MR) is 75.5 cm³/mol. The summed E-state index contributed by atoms with van der Waals surface area (Å²) in [6.45, 7) is -0.000971. The van der Waals surface area contributed by atoms with Crippen molar-refractivity contribution in [2.75, 3.05) is 0 Å². The molecule has 0 aliphatic carbocycles. The third-order valence-corrected chi connectivity index (χ3v) is 3.40. The fourth-order valence-corrected chi connectivity index (χ4v) is 2.14. The normalized spacial score (nSPS) is 10.2. The number of nitrogens with two attached hydrogens (primary N) is 1. The lowest BCUT2D eigenvalue weighted by molar-refractivity contribution is -0.385. The van der Waals surface area contributed by atoms with Crippen LogP contribution in [0.5, 0.6) is 5.75 Å². The molecule has 2 rings (SSSR count). The average Bonchev–Trinajstić information content (AvgIpc) is 2.93. The number of carbonyl (C=O) groups excluding carboxylic acids is 1. The summed E-state index contributed by atoms with van der Waals surface area (Å²) in [6, 6.07) is 5.97. The van der Waals surface area contributed by atoms with E-state index in [1.165, 1.54) is 18.4 Å². The Morgan fingerprint density at radius 3 is 2.90 bits per heavy atom. The summed E-state index contributed by atoms with van der Waals surface area (Å²) in [6.07, 6.45) is 1.33. The van der Waals surface area contributed by atoms with E-state index in [2.05, 4.69) is 15.9 Å². The number of ether oxygens (including phenoxy) is 1. The molecule has 8 nitrogen and oxygen atoms in total. The summed E-state index contributed by atoms with van der Waals surface area (Å²) in [7, 11) is 0. The molecule has 9 heteroatoms. The number of furan rings is 1. The van der Waals surface area contributed by atoms with E-state index in [-0.39, 0.29) is 28.3 Å². The maximum absolute atomic E-state index is 11.4. The molecule has 2 aromatic rings. The standard InChI is InChI=1S/C12H10BrN3O5/c13-10-8(16(18)19)2-1-3-9(10)21-6-7-4-5-20-11(7)12(17)15-14/h1-5H,6,14H2,(H,15,17). The Labute approximate surface area is 127 Å². The first-order chi connectivity index (χ1) is 10.0. The molecule has 0 atom stereocenters. The summed E-state index contributed by atoms with van der Waals surface area (Å²) in [4.78, 5) is 21.7. The SMILES string of the molecule is NNC(=O)c1occc1COc1cccc([N+](=O)[O-])c1Br. The molecular formula is C12H10BrN3O5. The lowest BCUT2D eigenvalue weighted by atomic mass is 10.2. The second-order valence-corrected chi connectivity index (χ2v) is 4.68. The second kappa shape index (κ2) is 6.37. The number of nitro groups is 1. The van der Waals surface area contributed by atoms with Crippen molar-refractivity contribution in [1.29, 1.82) is 0 Å². The molecule has 110 valence electrons. The first-order valence-electron chi connectivity index (χ1n) is 5.67. The highest BCUT2D eigenvalue weighted by Gasteiger charge is 2.18. The Morgan fingerprint density at radius 1 is 1.48 bits per heavy atom. The fraction of sp³-hybridized carbons (Fsp3) is 0.0833. The molecular weight excluding hydrogens is 346 g/mol. The predicted octanol–water partition coefficient (Wildman–Crippen LogP) is 2.13. The number of carbonyl (C=O) groups is 1. The molecule has 0 saturated heterocycles. The van der Waals surface area contributed by atoms with Crippen LogP contribution in [0.15, 0.2) is 39.4 Å². The van der Waals surface area contributed by atoms with Crippen molar-refractivity contribution in [2.24, 2.45) is 5.84 Å². The van der Waals surface area contributed by atoms with Gasteiger partial charge in [0.2, 0.25) is 0 Å². The van der Waals surface area contributed by atoms with Crippen LogP contribution in [0.2, 0.25) is 0 Å². The monoisotopic (exact) mass is 355 g/mol. The molecule has 0 unspecified atom stereocenters. The first kappa shape index (κ1) is 15.0. The molecule has 0 saturated carbocycles. The van der Waals surface area contributed by atoms with E-state index in [0.29, 0.717) is 5.56 Å². The van der Waals surface area contributed by atoms with Crippen molar-refractivity contribution in [3.05, 3.63) is 56.4 Å². The van der Waals surface area contributed by atoms with Gasteiger partial charge in [-0.1, -0.05) is 6.07 Å². The summed E-state index contributed by atoms with van der Waals surface area (Å²) in [5, 5.41) is 10.8. The molecule has 0 fully saturated rings. The highest BCUT2D eigenvalue weighted by Crippen LogP contribution is 2.34. The van der Waals surface area contributed by atoms with Gasteiger partial charge in [-0.15, -0.1) is 0 Å². The molecule has 1 heterocycles. The molecule has 1 amide bonds. The zero-order chi connectivity index (χ0) is 15.4. The number of halogens is 1. The number of hydrogen-bond acceptors (Lipinski definition) is 6. The van der Waals surface area contributed by atoms with Gasteiger partial charge in [0.15, 0.2) is 5.76 Å². The van der Waals surface area contributed by atoms with Crippen molar-refractivity contribution in [1.82, 2.24) is 5.43 Å². The number of nitrogens with one attached hydrogen (secondary N) is 1. The number of hydrogen-bond donors (Lipinski definition) is 2. The highest BCUT2D eigenvalue weighted by atomic mass is 79.9. The van der Waals surface area contributed by atoms with E-state index in [0.717, 1.165) is 0 Å². The molecule has 21 heavy (non-hydrogen) atoms. The quantitative estimate of drug-likeness (QED) is 0.366. The van der Waals surface area contributed by atoms with E-state index in [9.17, 15) is 14.9 Å². The van der Waals surface area contributed by atoms with Crippen molar-refractivity contribution in [3.8, 4) is 5.75 Å². The molecule has 1 aromatic carbocycles. The number of rotatable bonds is 5. The number of nitro benzene ring substituents is 1. The molecule has 0 bridgehead atoms. The van der Waals surface area contributed by atoms with E-state index < -0.39 is 10.8 Å². The van der Waals surface area contributed by atoms with Crippen molar-refractivity contribution >= 4 is 27.5 Å². The van der Waals surface area contributed by atoms with Crippen LogP contribution in [0.25, 0.3) is 0 Å². The molecule has 0 aliphatic rings. The maximum Gasteiger partial charge on any atom is 0.301 e. The third-order valence-electron chi connectivity index (χ3n) is 2.61. The smallest absolute Gasteiger partial charge is 0.301 e. The van der Waals surface area contributed by atoms with E-state index in [1.807, 2.05) is 5.43 Å². The minimum Gasteiger partial charge on any atom is -0.487 e. The average molecular weight is 356 g/mol. The van der Waals surface area contributed by atoms with Gasteiger partial charge in [-0.05, 0) is 28.1 Å². The molecule has 0 radical (unpaired) electrons. The molecule has 3 N–H and O–H groups in total. The Bertz CT molecular complexity index is 685. The zero-order valence-corrected chi connectivity index (χ0v) is 12.1. The Hall–Kier alpha value is -2.39. The van der Waals surface area contributed by atoms with E-state index in [1.54, 1.807) is 12.1 Å². The van der Waals surface area contributed by atoms with Crippen molar-refractivity contribution in [2.45, 2.75) is 6.61 Å². The second-order valence-electron chi connectivity index (χ2n) is 3.88. The first-order valence-corrected chi connectivity index (χ1v) is 6.47. The number of nitrogen functional groups attached to an aromatic ring is 1. The van der Waals surface area contributed by atoms with Gasteiger partial charge in [-0.25, -0.2) is 5.84 Å². The van der Waals surface area contributed by atoms with Gasteiger partial charge >= 0.3 is 5.91 Å². The number of benzene rings is 1. The lowest BCUT2D eigenvalue weighted by Gasteiger charge is -2.08. The Kier molecular flexibility index (Phi) is 4.55.